The minimum absolute atomic E-state index is 0.0939. The Morgan fingerprint density at radius 1 is 0.172 bits per heavy atom. The van der Waals surface area contributed by atoms with Gasteiger partial charge in [-0.3, -0.25) is 13.7 Å². The van der Waals surface area contributed by atoms with E-state index in [9.17, 15) is 0 Å². The number of hydrogen-bond donors (Lipinski definition) is 0. The van der Waals surface area contributed by atoms with E-state index in [2.05, 4.69) is 443 Å². The molecule has 8 heterocycles. The first-order chi connectivity index (χ1) is 63.3. The Kier molecular flexibility index (Phi) is 18.0. The summed E-state index contributed by atoms with van der Waals surface area (Å²) >= 11 is 0. The topological polar surface area (TPSA) is 102 Å². The van der Waals surface area contributed by atoms with Crippen LogP contribution in [0.5, 0.6) is 0 Å². The van der Waals surface area contributed by atoms with E-state index < -0.39 is 0 Å². The molecule has 1 aliphatic carbocycles. The Morgan fingerprint density at radius 2 is 0.430 bits per heavy atom. The van der Waals surface area contributed by atoms with E-state index in [1.165, 1.54) is 92.7 Å². The molecule has 0 amide bonds. The highest BCUT2D eigenvalue weighted by Gasteiger charge is 2.37. The summed E-state index contributed by atoms with van der Waals surface area (Å²) in [5.41, 5.74) is 30.5. The predicted octanol–water partition coefficient (Wildman–Crippen LogP) is 29.2. The van der Waals surface area contributed by atoms with E-state index in [0.717, 1.165) is 118 Å². The second-order valence-electron chi connectivity index (χ2n) is 33.3. The molecule has 0 fully saturated rings. The van der Waals surface area contributed by atoms with Gasteiger partial charge in [0.2, 0.25) is 17.8 Å². The number of nitrogens with zero attached hydrogens (tertiary/aromatic N) is 11. The highest BCUT2D eigenvalue weighted by molar-refractivity contribution is 6.24. The normalized spacial score (nSPS) is 12.2. The number of benzene rings is 17. The molecule has 17 aromatic carbocycles. The maximum Gasteiger partial charge on any atom is 0.235 e. The van der Waals surface area contributed by atoms with E-state index in [4.69, 9.17) is 29.9 Å². The standard InChI is InChI=1S/2C40H26N4.C37H27N3/c1-4-14-27(15-5-1)34-26-35(28-16-6-2-7-17-28)42-40(41-34)44-37-23-13-11-21-31(37)33-24-38-32(25-39(33)44)30-20-10-12-22-36(30)43(38)29-18-8-3-9-19-29;1-4-14-27(15-5-1)34-26-35(28-16-6-2-7-17-28)42-40(41-34)44-37-23-13-11-21-31(37)33-25-24-32-30-20-10-12-22-36(30)43(38(32)39(33)44)29-18-8-3-9-19-29;1-37(2)30-19-11-9-17-26(30)28-21-29-27-18-10-12-20-34(27)40(35(29)22-31(28)37)36-38-32(24-13-5-3-6-14-24)23-33(39-36)25-15-7-4-8-16-25/h2*1-26H;3-23H,1-2H3. The van der Waals surface area contributed by atoms with Crippen LogP contribution < -0.4 is 0 Å². The van der Waals surface area contributed by atoms with Crippen LogP contribution in [-0.4, -0.2) is 52.7 Å². The first-order valence-electron chi connectivity index (χ1n) is 43.5. The molecule has 0 saturated heterocycles. The van der Waals surface area contributed by atoms with Crippen LogP contribution in [0.4, 0.5) is 0 Å². The number of fused-ring (bicyclic) bond motifs is 19. The van der Waals surface area contributed by atoms with Crippen molar-refractivity contribution >= 4 is 109 Å². The minimum atomic E-state index is -0.0939. The van der Waals surface area contributed by atoms with Gasteiger partial charge in [0, 0.05) is 104 Å². The Hall–Kier alpha value is -17.0. The molecule has 0 aliphatic heterocycles. The maximum absolute atomic E-state index is 5.28. The highest BCUT2D eigenvalue weighted by Crippen LogP contribution is 2.52. The van der Waals surface area contributed by atoms with Crippen LogP contribution in [-0.2, 0) is 5.41 Å². The summed E-state index contributed by atoms with van der Waals surface area (Å²) in [5.74, 6) is 1.98. The number of hydrogen-bond acceptors (Lipinski definition) is 6. The molecule has 0 N–H and O–H groups in total. The molecular formula is C117H79N11. The van der Waals surface area contributed by atoms with Gasteiger partial charge in [0.1, 0.15) is 0 Å². The van der Waals surface area contributed by atoms with Gasteiger partial charge in [-0.05, 0) is 119 Å². The Balaban J connectivity index is 0.000000107. The number of para-hydroxylation sites is 7. The zero-order valence-corrected chi connectivity index (χ0v) is 70.1. The summed E-state index contributed by atoms with van der Waals surface area (Å²) in [6.45, 7) is 4.66. The largest absolute Gasteiger partial charge is 0.309 e. The average molecular weight is 1640 g/mol. The summed E-state index contributed by atoms with van der Waals surface area (Å²) in [5, 5.41) is 11.9. The minimum Gasteiger partial charge on any atom is -0.309 e. The van der Waals surface area contributed by atoms with E-state index in [-0.39, 0.29) is 5.41 Å². The van der Waals surface area contributed by atoms with Crippen molar-refractivity contribution in [2.24, 2.45) is 0 Å². The van der Waals surface area contributed by atoms with Gasteiger partial charge in [0.05, 0.1) is 89.3 Å². The van der Waals surface area contributed by atoms with Gasteiger partial charge in [-0.25, -0.2) is 29.9 Å². The van der Waals surface area contributed by atoms with E-state index in [0.29, 0.717) is 17.8 Å². The number of rotatable bonds is 11. The molecule has 25 aromatic rings. The quantitative estimate of drug-likeness (QED) is 0.128. The van der Waals surface area contributed by atoms with Crippen molar-refractivity contribution in [3.8, 4) is 108 Å². The molecule has 1 aliphatic rings. The van der Waals surface area contributed by atoms with Gasteiger partial charge in [-0.1, -0.05) is 360 Å². The monoisotopic (exact) mass is 1640 g/mol. The molecule has 0 unspecified atom stereocenters. The van der Waals surface area contributed by atoms with Crippen molar-refractivity contribution in [1.82, 2.24) is 52.7 Å². The lowest BCUT2D eigenvalue weighted by Crippen LogP contribution is -2.15. The Morgan fingerprint density at radius 3 is 0.805 bits per heavy atom. The summed E-state index contributed by atoms with van der Waals surface area (Å²) in [4.78, 5) is 31.4. The summed E-state index contributed by atoms with van der Waals surface area (Å²) in [6, 6.07) is 156. The van der Waals surface area contributed by atoms with E-state index >= 15 is 0 Å². The molecule has 602 valence electrons. The second-order valence-corrected chi connectivity index (χ2v) is 33.3. The fourth-order valence-corrected chi connectivity index (χ4v) is 19.6. The van der Waals surface area contributed by atoms with E-state index in [1.54, 1.807) is 0 Å². The lowest BCUT2D eigenvalue weighted by atomic mass is 9.82. The van der Waals surface area contributed by atoms with Gasteiger partial charge in [0.25, 0.3) is 0 Å². The van der Waals surface area contributed by atoms with Crippen LogP contribution in [0.3, 0.4) is 0 Å². The van der Waals surface area contributed by atoms with Crippen molar-refractivity contribution in [1.29, 1.82) is 0 Å². The maximum atomic E-state index is 5.28. The molecule has 0 bridgehead atoms. The average Bonchev–Trinajstić information content (AvgIpc) is 1.55. The molecule has 11 nitrogen and oxygen atoms in total. The molecule has 128 heavy (non-hydrogen) atoms. The van der Waals surface area contributed by atoms with Crippen LogP contribution in [0.1, 0.15) is 25.0 Å². The van der Waals surface area contributed by atoms with Crippen molar-refractivity contribution in [3.63, 3.8) is 0 Å². The molecule has 0 spiro atoms. The predicted molar refractivity (Wildman–Crippen MR) is 528 cm³/mol. The van der Waals surface area contributed by atoms with Crippen LogP contribution in [0, 0.1) is 0 Å². The molecule has 0 atom stereocenters. The van der Waals surface area contributed by atoms with Crippen molar-refractivity contribution < 1.29 is 0 Å². The van der Waals surface area contributed by atoms with Gasteiger partial charge >= 0.3 is 0 Å². The van der Waals surface area contributed by atoms with Gasteiger partial charge in [-0.15, -0.1) is 0 Å². The first kappa shape index (κ1) is 74.8. The summed E-state index contributed by atoms with van der Waals surface area (Å²) < 4.78 is 11.5. The lowest BCUT2D eigenvalue weighted by molar-refractivity contribution is 0.661. The van der Waals surface area contributed by atoms with Gasteiger partial charge in [0.15, 0.2) is 0 Å². The second kappa shape index (κ2) is 30.8. The smallest absolute Gasteiger partial charge is 0.235 e. The lowest BCUT2D eigenvalue weighted by Gasteiger charge is -2.21. The summed E-state index contributed by atoms with van der Waals surface area (Å²) in [7, 11) is 0. The Bertz CT molecular complexity index is 8420. The van der Waals surface area contributed by atoms with Crippen molar-refractivity contribution in [2.45, 2.75) is 19.3 Å². The summed E-state index contributed by atoms with van der Waals surface area (Å²) in [6.07, 6.45) is 0. The van der Waals surface area contributed by atoms with Crippen LogP contribution in [0.2, 0.25) is 0 Å². The highest BCUT2D eigenvalue weighted by atomic mass is 15.2. The zero-order valence-electron chi connectivity index (χ0n) is 70.1. The van der Waals surface area contributed by atoms with E-state index in [1.807, 2.05) is 36.4 Å². The van der Waals surface area contributed by atoms with Crippen LogP contribution in [0.15, 0.2) is 443 Å². The van der Waals surface area contributed by atoms with Gasteiger partial charge in [-0.2, -0.15) is 0 Å². The molecular weight excluding hydrogens is 1560 g/mol. The fraction of sp³-hybridized carbons (Fsp3) is 0.0256. The zero-order chi connectivity index (χ0) is 84.9. The Labute approximate surface area is 738 Å². The molecule has 0 radical (unpaired) electrons. The number of aromatic nitrogens is 11. The third kappa shape index (κ3) is 12.6. The molecule has 26 rings (SSSR count). The van der Waals surface area contributed by atoms with Crippen LogP contribution in [0.25, 0.3) is 217 Å². The first-order valence-corrected chi connectivity index (χ1v) is 43.5. The molecule has 11 heteroatoms. The SMILES string of the molecule is CC1(C)c2ccccc2-c2cc3c4ccccc4n(-c4nc(-c5ccccc5)cc(-c5ccccc5)n4)c3cc21.c1ccc(-c2cc(-c3ccccc3)nc(-n3c4ccccc4c4cc5c(cc43)c3ccccc3n5-c3ccccc3)n2)cc1.c1ccc(-c2cc(-c3ccccc3)nc(-n3c4ccccc4c4ccc5c6ccccc6n(-c6ccccc6)c5c43)n2)cc1. The third-order valence-electron chi connectivity index (χ3n) is 25.5. The van der Waals surface area contributed by atoms with Crippen molar-refractivity contribution in [2.75, 3.05) is 0 Å². The van der Waals surface area contributed by atoms with Crippen LogP contribution >= 0.6 is 0 Å². The fourth-order valence-electron chi connectivity index (χ4n) is 19.6. The molecule has 0 saturated carbocycles. The van der Waals surface area contributed by atoms with Gasteiger partial charge < -0.3 is 9.13 Å². The van der Waals surface area contributed by atoms with Crippen molar-refractivity contribution in [3.05, 3.63) is 454 Å². The third-order valence-corrected chi connectivity index (χ3v) is 25.5. The molecule has 8 aromatic heterocycles.